The zero-order valence-electron chi connectivity index (χ0n) is 13.2. The van der Waals surface area contributed by atoms with Crippen molar-refractivity contribution in [2.24, 2.45) is 0 Å². The molecule has 1 aromatic carbocycles. The molecule has 2 heteroatoms. The number of Topliss-reactive ketones (excluding diaryl/α,β-unsaturated/α-hetero) is 1. The molecule has 108 valence electrons. The molecule has 0 aromatic heterocycles. The minimum absolute atomic E-state index is 0.132. The van der Waals surface area contributed by atoms with Crippen molar-refractivity contribution in [1.29, 1.82) is 0 Å². The maximum absolute atomic E-state index is 10.8. The van der Waals surface area contributed by atoms with Gasteiger partial charge in [-0.05, 0) is 51.9 Å². The highest BCUT2D eigenvalue weighted by Crippen LogP contribution is 2.04. The van der Waals surface area contributed by atoms with Gasteiger partial charge in [0.2, 0.25) is 0 Å². The van der Waals surface area contributed by atoms with Crippen LogP contribution in [0, 0.1) is 0 Å². The first-order chi connectivity index (χ1) is 9.04. The molecule has 0 heterocycles. The van der Waals surface area contributed by atoms with Gasteiger partial charge in [-0.15, -0.1) is 0 Å². The van der Waals surface area contributed by atoms with Gasteiger partial charge in [0.1, 0.15) is 0 Å². The van der Waals surface area contributed by atoms with Crippen LogP contribution in [0.1, 0.15) is 56.5 Å². The standard InChI is InChI=1S/C10H12O.C7H17N/c1-3-9-4-6-10(7-5-9)8(2)11;1-4-6-8(3)7-5-2/h4-7H,3H2,1-2H3;4-7H2,1-3H3. The van der Waals surface area contributed by atoms with Crippen LogP contribution in [0.5, 0.6) is 0 Å². The molecule has 0 fully saturated rings. The SMILES string of the molecule is CCCN(C)CCC.CCc1ccc(C(C)=O)cc1. The number of carbonyl (C=O) groups is 1. The minimum Gasteiger partial charge on any atom is -0.306 e. The fourth-order valence-corrected chi connectivity index (χ4v) is 1.85. The van der Waals surface area contributed by atoms with Gasteiger partial charge in [-0.25, -0.2) is 0 Å². The fourth-order valence-electron chi connectivity index (χ4n) is 1.85. The van der Waals surface area contributed by atoms with Crippen LogP contribution in [-0.2, 0) is 6.42 Å². The van der Waals surface area contributed by atoms with E-state index in [-0.39, 0.29) is 5.78 Å². The summed E-state index contributed by atoms with van der Waals surface area (Å²) in [7, 11) is 2.17. The van der Waals surface area contributed by atoms with E-state index in [1.807, 2.05) is 24.3 Å². The van der Waals surface area contributed by atoms with Gasteiger partial charge in [0, 0.05) is 5.56 Å². The molecule has 1 rings (SSSR count). The molecule has 0 radical (unpaired) electrons. The van der Waals surface area contributed by atoms with Gasteiger partial charge < -0.3 is 4.90 Å². The van der Waals surface area contributed by atoms with Crippen LogP contribution in [0.2, 0.25) is 0 Å². The van der Waals surface area contributed by atoms with Gasteiger partial charge >= 0.3 is 0 Å². The Morgan fingerprint density at radius 1 is 1.00 bits per heavy atom. The topological polar surface area (TPSA) is 20.3 Å². The fraction of sp³-hybridized carbons (Fsp3) is 0.588. The first-order valence-corrected chi connectivity index (χ1v) is 7.33. The van der Waals surface area contributed by atoms with E-state index < -0.39 is 0 Å². The van der Waals surface area contributed by atoms with Gasteiger partial charge in [0.25, 0.3) is 0 Å². The second kappa shape index (κ2) is 10.7. The Labute approximate surface area is 118 Å². The molecule has 0 aliphatic rings. The lowest BCUT2D eigenvalue weighted by Gasteiger charge is -2.12. The van der Waals surface area contributed by atoms with Gasteiger partial charge in [-0.3, -0.25) is 4.79 Å². The third-order valence-electron chi connectivity index (χ3n) is 2.98. The summed E-state index contributed by atoms with van der Waals surface area (Å²) in [6.07, 6.45) is 3.57. The average molecular weight is 263 g/mol. The summed E-state index contributed by atoms with van der Waals surface area (Å²) >= 11 is 0. The molecule has 0 saturated heterocycles. The van der Waals surface area contributed by atoms with Crippen molar-refractivity contribution < 1.29 is 4.79 Å². The van der Waals surface area contributed by atoms with Crippen molar-refractivity contribution in [3.63, 3.8) is 0 Å². The van der Waals surface area contributed by atoms with Crippen LogP contribution in [0.15, 0.2) is 24.3 Å². The molecule has 0 N–H and O–H groups in total. The van der Waals surface area contributed by atoms with Crippen LogP contribution in [0.25, 0.3) is 0 Å². The minimum atomic E-state index is 0.132. The first kappa shape index (κ1) is 17.8. The van der Waals surface area contributed by atoms with Crippen molar-refractivity contribution in [3.05, 3.63) is 35.4 Å². The van der Waals surface area contributed by atoms with Crippen LogP contribution < -0.4 is 0 Å². The Hall–Kier alpha value is -1.15. The lowest BCUT2D eigenvalue weighted by molar-refractivity contribution is 0.101. The van der Waals surface area contributed by atoms with E-state index in [9.17, 15) is 4.79 Å². The Morgan fingerprint density at radius 2 is 1.47 bits per heavy atom. The van der Waals surface area contributed by atoms with E-state index in [0.29, 0.717) is 0 Å². The zero-order chi connectivity index (χ0) is 14.7. The molecule has 0 atom stereocenters. The molecular formula is C17H29NO. The highest BCUT2D eigenvalue weighted by molar-refractivity contribution is 5.93. The predicted molar refractivity (Wildman–Crippen MR) is 83.9 cm³/mol. The van der Waals surface area contributed by atoms with Gasteiger partial charge in [-0.1, -0.05) is 45.0 Å². The second-order valence-corrected chi connectivity index (χ2v) is 4.91. The molecule has 0 saturated carbocycles. The number of aryl methyl sites for hydroxylation is 1. The van der Waals surface area contributed by atoms with E-state index in [0.717, 1.165) is 12.0 Å². The lowest BCUT2D eigenvalue weighted by atomic mass is 10.1. The van der Waals surface area contributed by atoms with Crippen molar-refractivity contribution in [2.45, 2.75) is 47.0 Å². The third kappa shape index (κ3) is 8.55. The molecule has 19 heavy (non-hydrogen) atoms. The number of carbonyl (C=O) groups excluding carboxylic acids is 1. The normalized spacial score (nSPS) is 10.0. The maximum Gasteiger partial charge on any atom is 0.159 e. The summed E-state index contributed by atoms with van der Waals surface area (Å²) in [5.74, 6) is 0.132. The Morgan fingerprint density at radius 3 is 1.79 bits per heavy atom. The predicted octanol–water partition coefficient (Wildman–Crippen LogP) is 4.19. The monoisotopic (exact) mass is 263 g/mol. The highest BCUT2D eigenvalue weighted by atomic mass is 16.1. The van der Waals surface area contributed by atoms with Crippen molar-refractivity contribution in [3.8, 4) is 0 Å². The summed E-state index contributed by atoms with van der Waals surface area (Å²) < 4.78 is 0. The smallest absolute Gasteiger partial charge is 0.159 e. The van der Waals surface area contributed by atoms with Gasteiger partial charge in [0.15, 0.2) is 5.78 Å². The second-order valence-electron chi connectivity index (χ2n) is 4.91. The van der Waals surface area contributed by atoms with E-state index >= 15 is 0 Å². The van der Waals surface area contributed by atoms with Crippen LogP contribution in [0.3, 0.4) is 0 Å². The van der Waals surface area contributed by atoms with Crippen molar-refractivity contribution >= 4 is 5.78 Å². The summed E-state index contributed by atoms with van der Waals surface area (Å²) in [6, 6.07) is 7.75. The molecule has 0 amide bonds. The summed E-state index contributed by atoms with van der Waals surface area (Å²) in [4.78, 5) is 13.2. The molecule has 0 spiro atoms. The van der Waals surface area contributed by atoms with Crippen LogP contribution in [-0.4, -0.2) is 30.8 Å². The highest BCUT2D eigenvalue weighted by Gasteiger charge is 1.96. The lowest BCUT2D eigenvalue weighted by Crippen LogP contribution is -2.19. The number of benzene rings is 1. The molecule has 0 aliphatic heterocycles. The van der Waals surface area contributed by atoms with Crippen LogP contribution in [0.4, 0.5) is 0 Å². The summed E-state index contributed by atoms with van der Waals surface area (Å²) in [5, 5.41) is 0. The van der Waals surface area contributed by atoms with Crippen molar-refractivity contribution in [1.82, 2.24) is 4.90 Å². The largest absolute Gasteiger partial charge is 0.306 e. The maximum atomic E-state index is 10.8. The molecule has 2 nitrogen and oxygen atoms in total. The summed E-state index contributed by atoms with van der Waals surface area (Å²) in [5.41, 5.74) is 2.07. The van der Waals surface area contributed by atoms with E-state index in [1.54, 1.807) is 6.92 Å². The van der Waals surface area contributed by atoms with Gasteiger partial charge in [0.05, 0.1) is 0 Å². The first-order valence-electron chi connectivity index (χ1n) is 7.33. The number of hydrogen-bond acceptors (Lipinski definition) is 2. The molecular weight excluding hydrogens is 234 g/mol. The Balaban J connectivity index is 0.000000362. The van der Waals surface area contributed by atoms with E-state index in [1.165, 1.54) is 31.5 Å². The molecule has 1 aromatic rings. The van der Waals surface area contributed by atoms with Gasteiger partial charge in [-0.2, -0.15) is 0 Å². The number of hydrogen-bond donors (Lipinski definition) is 0. The Kier molecular flexibility index (Phi) is 10.1. The van der Waals surface area contributed by atoms with Crippen molar-refractivity contribution in [2.75, 3.05) is 20.1 Å². The molecule has 0 unspecified atom stereocenters. The molecule has 0 bridgehead atoms. The third-order valence-corrected chi connectivity index (χ3v) is 2.98. The number of ketones is 1. The van der Waals surface area contributed by atoms with Crippen LogP contribution >= 0.6 is 0 Å². The number of rotatable bonds is 6. The average Bonchev–Trinajstić information content (AvgIpc) is 2.40. The zero-order valence-corrected chi connectivity index (χ0v) is 13.2. The van der Waals surface area contributed by atoms with E-state index in [4.69, 9.17) is 0 Å². The quantitative estimate of drug-likeness (QED) is 0.717. The number of nitrogens with zero attached hydrogens (tertiary/aromatic N) is 1. The van der Waals surface area contributed by atoms with E-state index in [2.05, 4.69) is 32.7 Å². The molecule has 0 aliphatic carbocycles. The summed E-state index contributed by atoms with van der Waals surface area (Å²) in [6.45, 7) is 10.6. The Bertz CT molecular complexity index is 337.